The summed E-state index contributed by atoms with van der Waals surface area (Å²) in [4.78, 5) is 2.66. The third kappa shape index (κ3) is 3.68. The number of likely N-dealkylation sites (tertiary alicyclic amines) is 1. The van der Waals surface area contributed by atoms with Gasteiger partial charge in [0.2, 0.25) is 0 Å². The lowest BCUT2D eigenvalue weighted by Gasteiger charge is -2.25. The SMILES string of the molecule is Cc1nn(C)cc1-c1ccc(CC2[C@H]3CN(CCC(C)(C)C)C[C@@H]23)nn1. The van der Waals surface area contributed by atoms with Crippen LogP contribution in [-0.2, 0) is 13.5 Å². The zero-order valence-electron chi connectivity index (χ0n) is 16.7. The molecule has 140 valence electrons. The fraction of sp³-hybridized carbons (Fsp3) is 0.667. The van der Waals surface area contributed by atoms with Crippen LogP contribution in [0.1, 0.15) is 38.6 Å². The summed E-state index contributed by atoms with van der Waals surface area (Å²) in [5.41, 5.74) is 4.57. The molecule has 5 heteroatoms. The van der Waals surface area contributed by atoms with Crippen molar-refractivity contribution in [2.24, 2.45) is 30.2 Å². The average Bonchev–Trinajstić information content (AvgIpc) is 2.92. The van der Waals surface area contributed by atoms with E-state index in [-0.39, 0.29) is 0 Å². The summed E-state index contributed by atoms with van der Waals surface area (Å²) in [6.45, 7) is 12.8. The fourth-order valence-corrected chi connectivity index (χ4v) is 4.42. The van der Waals surface area contributed by atoms with Gasteiger partial charge in [0.05, 0.1) is 17.1 Å². The van der Waals surface area contributed by atoms with E-state index in [0.29, 0.717) is 5.41 Å². The van der Waals surface area contributed by atoms with Gasteiger partial charge in [0.25, 0.3) is 0 Å². The number of piperidine rings is 1. The van der Waals surface area contributed by atoms with Crippen LogP contribution in [0, 0.1) is 30.1 Å². The highest BCUT2D eigenvalue weighted by atomic mass is 15.3. The van der Waals surface area contributed by atoms with Crippen LogP contribution in [0.4, 0.5) is 0 Å². The van der Waals surface area contributed by atoms with Crippen molar-refractivity contribution >= 4 is 0 Å². The molecule has 3 heterocycles. The lowest BCUT2D eigenvalue weighted by Crippen LogP contribution is -2.28. The van der Waals surface area contributed by atoms with Crippen LogP contribution in [0.5, 0.6) is 0 Å². The molecule has 0 radical (unpaired) electrons. The van der Waals surface area contributed by atoms with Gasteiger partial charge >= 0.3 is 0 Å². The molecule has 0 amide bonds. The maximum absolute atomic E-state index is 4.50. The van der Waals surface area contributed by atoms with E-state index in [1.54, 1.807) is 0 Å². The second-order valence-corrected chi connectivity index (χ2v) is 9.48. The third-order valence-electron chi connectivity index (χ3n) is 6.08. The van der Waals surface area contributed by atoms with Gasteiger partial charge < -0.3 is 4.90 Å². The second-order valence-electron chi connectivity index (χ2n) is 9.48. The lowest BCUT2D eigenvalue weighted by atomic mass is 9.92. The van der Waals surface area contributed by atoms with Crippen molar-refractivity contribution in [3.8, 4) is 11.3 Å². The predicted octanol–water partition coefficient (Wildman–Crippen LogP) is 3.34. The van der Waals surface area contributed by atoms with Crippen molar-refractivity contribution in [3.05, 3.63) is 29.7 Å². The molecule has 26 heavy (non-hydrogen) atoms. The van der Waals surface area contributed by atoms with E-state index in [9.17, 15) is 0 Å². The smallest absolute Gasteiger partial charge is 0.0964 e. The number of rotatable bonds is 5. The standard InChI is InChI=1S/C21H31N5/c1-14-17(11-25(5)24-14)20-7-6-15(22-23-20)10-16-18-12-26(13-19(16)18)9-8-21(2,3)4/h6-7,11,16,18-19H,8-10,12-13H2,1-5H3/t16?,18-,19+. The molecule has 1 aliphatic carbocycles. The van der Waals surface area contributed by atoms with Crippen molar-refractivity contribution in [3.63, 3.8) is 0 Å². The zero-order valence-corrected chi connectivity index (χ0v) is 16.7. The number of hydrogen-bond acceptors (Lipinski definition) is 4. The van der Waals surface area contributed by atoms with Crippen LogP contribution >= 0.6 is 0 Å². The van der Waals surface area contributed by atoms with E-state index in [4.69, 9.17) is 0 Å². The molecule has 1 unspecified atom stereocenters. The predicted molar refractivity (Wildman–Crippen MR) is 104 cm³/mol. The van der Waals surface area contributed by atoms with Gasteiger partial charge in [-0.3, -0.25) is 4.68 Å². The fourth-order valence-electron chi connectivity index (χ4n) is 4.42. The van der Waals surface area contributed by atoms with Crippen LogP contribution in [0.15, 0.2) is 18.3 Å². The molecule has 2 aromatic heterocycles. The summed E-state index contributed by atoms with van der Waals surface area (Å²) in [5, 5.41) is 13.3. The number of nitrogens with zero attached hydrogens (tertiary/aromatic N) is 5. The highest BCUT2D eigenvalue weighted by Gasteiger charge is 2.55. The minimum Gasteiger partial charge on any atom is -0.303 e. The summed E-state index contributed by atoms with van der Waals surface area (Å²) in [6, 6.07) is 4.25. The first-order valence-corrected chi connectivity index (χ1v) is 9.86. The minimum absolute atomic E-state index is 0.441. The van der Waals surface area contributed by atoms with Gasteiger partial charge in [0.15, 0.2) is 0 Å². The van der Waals surface area contributed by atoms with Crippen molar-refractivity contribution in [2.75, 3.05) is 19.6 Å². The Hall–Kier alpha value is -1.75. The molecule has 0 aromatic carbocycles. The largest absolute Gasteiger partial charge is 0.303 e. The molecule has 5 nitrogen and oxygen atoms in total. The van der Waals surface area contributed by atoms with Gasteiger partial charge in [-0.15, -0.1) is 0 Å². The van der Waals surface area contributed by atoms with E-state index < -0.39 is 0 Å². The van der Waals surface area contributed by atoms with E-state index in [1.165, 1.54) is 26.1 Å². The zero-order chi connectivity index (χ0) is 18.5. The number of aryl methyl sites for hydroxylation is 2. The number of fused-ring (bicyclic) bond motifs is 1. The quantitative estimate of drug-likeness (QED) is 0.827. The Morgan fingerprint density at radius 2 is 1.85 bits per heavy atom. The van der Waals surface area contributed by atoms with Crippen LogP contribution in [-0.4, -0.2) is 44.5 Å². The molecule has 2 aliphatic rings. The monoisotopic (exact) mass is 353 g/mol. The van der Waals surface area contributed by atoms with Gasteiger partial charge in [0, 0.05) is 31.9 Å². The van der Waals surface area contributed by atoms with Gasteiger partial charge in [0.1, 0.15) is 0 Å². The number of aromatic nitrogens is 4. The molecular weight excluding hydrogens is 322 g/mol. The Bertz CT molecular complexity index is 759. The first-order chi connectivity index (χ1) is 12.3. The number of hydrogen-bond donors (Lipinski definition) is 0. The van der Waals surface area contributed by atoms with Crippen LogP contribution < -0.4 is 0 Å². The Kier molecular flexibility index (Phi) is 4.38. The summed E-state index contributed by atoms with van der Waals surface area (Å²) < 4.78 is 1.83. The molecule has 2 fully saturated rings. The Balaban J connectivity index is 1.30. The topological polar surface area (TPSA) is 46.8 Å². The average molecular weight is 354 g/mol. The molecular formula is C21H31N5. The molecule has 0 bridgehead atoms. The highest BCUT2D eigenvalue weighted by Crippen LogP contribution is 2.53. The molecule has 1 saturated carbocycles. The summed E-state index contributed by atoms with van der Waals surface area (Å²) in [6.07, 6.45) is 4.38. The van der Waals surface area contributed by atoms with E-state index in [0.717, 1.165) is 46.8 Å². The van der Waals surface area contributed by atoms with Crippen LogP contribution in [0.3, 0.4) is 0 Å². The van der Waals surface area contributed by atoms with Gasteiger partial charge in [-0.25, -0.2) is 0 Å². The van der Waals surface area contributed by atoms with Gasteiger partial charge in [-0.1, -0.05) is 20.8 Å². The maximum atomic E-state index is 4.50. The van der Waals surface area contributed by atoms with E-state index >= 15 is 0 Å². The molecule has 1 saturated heterocycles. The van der Waals surface area contributed by atoms with Crippen LogP contribution in [0.25, 0.3) is 11.3 Å². The molecule has 3 atom stereocenters. The Labute approximate surface area is 156 Å². The summed E-state index contributed by atoms with van der Waals surface area (Å²) in [7, 11) is 1.94. The second kappa shape index (κ2) is 6.45. The molecule has 1 aliphatic heterocycles. The summed E-state index contributed by atoms with van der Waals surface area (Å²) in [5.74, 6) is 2.59. The normalized spacial score (nSPS) is 25.5. The van der Waals surface area contributed by atoms with Crippen molar-refractivity contribution in [1.82, 2.24) is 24.9 Å². The van der Waals surface area contributed by atoms with Gasteiger partial charge in [-0.2, -0.15) is 15.3 Å². The van der Waals surface area contributed by atoms with Crippen molar-refractivity contribution in [2.45, 2.75) is 40.5 Å². The minimum atomic E-state index is 0.441. The van der Waals surface area contributed by atoms with Crippen molar-refractivity contribution in [1.29, 1.82) is 0 Å². The molecule has 0 N–H and O–H groups in total. The Morgan fingerprint density at radius 3 is 2.38 bits per heavy atom. The first-order valence-electron chi connectivity index (χ1n) is 9.86. The molecule has 4 rings (SSSR count). The van der Waals surface area contributed by atoms with E-state index in [2.05, 4.69) is 53.1 Å². The summed E-state index contributed by atoms with van der Waals surface area (Å²) >= 11 is 0. The molecule has 0 spiro atoms. The lowest BCUT2D eigenvalue weighted by molar-refractivity contribution is 0.236. The van der Waals surface area contributed by atoms with Crippen LogP contribution in [0.2, 0.25) is 0 Å². The molecule has 2 aromatic rings. The highest BCUT2D eigenvalue weighted by molar-refractivity contribution is 5.60. The van der Waals surface area contributed by atoms with E-state index in [1.807, 2.05) is 24.9 Å². The third-order valence-corrected chi connectivity index (χ3v) is 6.08. The van der Waals surface area contributed by atoms with Gasteiger partial charge in [-0.05, 0) is 61.6 Å². The first kappa shape index (κ1) is 17.7. The Morgan fingerprint density at radius 1 is 1.12 bits per heavy atom. The van der Waals surface area contributed by atoms with Crippen molar-refractivity contribution < 1.29 is 0 Å². The maximum Gasteiger partial charge on any atom is 0.0964 e.